The van der Waals surface area contributed by atoms with E-state index in [2.05, 4.69) is 32.0 Å². The maximum Gasteiger partial charge on any atom is 0.307 e. The van der Waals surface area contributed by atoms with Crippen LogP contribution in [-0.2, 0) is 24.1 Å². The smallest absolute Gasteiger partial charge is 0.307 e. The van der Waals surface area contributed by atoms with E-state index in [0.717, 1.165) is 18.4 Å². The van der Waals surface area contributed by atoms with E-state index in [-0.39, 0.29) is 6.42 Å². The van der Waals surface area contributed by atoms with Crippen molar-refractivity contribution in [2.45, 2.75) is 71.6 Å². The van der Waals surface area contributed by atoms with Gasteiger partial charge in [0.2, 0.25) is 0 Å². The van der Waals surface area contributed by atoms with Crippen molar-refractivity contribution >= 4 is 5.97 Å². The molecule has 0 saturated carbocycles. The number of rotatable bonds is 10. The van der Waals surface area contributed by atoms with Gasteiger partial charge in [-0.05, 0) is 42.4 Å². The van der Waals surface area contributed by atoms with Gasteiger partial charge >= 0.3 is 5.97 Å². The summed E-state index contributed by atoms with van der Waals surface area (Å²) in [6, 6.07) is 6.43. The van der Waals surface area contributed by atoms with Crippen molar-refractivity contribution in [3.8, 4) is 0 Å². The van der Waals surface area contributed by atoms with Gasteiger partial charge in [0.25, 0.3) is 0 Å². The van der Waals surface area contributed by atoms with Crippen LogP contribution in [0.4, 0.5) is 0 Å². The summed E-state index contributed by atoms with van der Waals surface area (Å²) in [5.74, 6) is -0.741. The number of benzene rings is 1. The third-order valence-electron chi connectivity index (χ3n) is 3.61. The molecule has 0 spiro atoms. The van der Waals surface area contributed by atoms with Crippen molar-refractivity contribution in [3.63, 3.8) is 0 Å². The van der Waals surface area contributed by atoms with E-state index in [1.807, 2.05) is 0 Å². The largest absolute Gasteiger partial charge is 0.481 e. The molecule has 0 aliphatic heterocycles. The average molecular weight is 276 g/mol. The predicted octanol–water partition coefficient (Wildman–Crippen LogP) is 4.78. The monoisotopic (exact) mass is 276 g/mol. The van der Waals surface area contributed by atoms with Gasteiger partial charge < -0.3 is 5.11 Å². The first-order chi connectivity index (χ1) is 9.65. The Labute approximate surface area is 123 Å². The third kappa shape index (κ3) is 6.74. The molecule has 1 aromatic carbocycles. The van der Waals surface area contributed by atoms with Gasteiger partial charge in [-0.1, -0.05) is 57.7 Å². The van der Waals surface area contributed by atoms with Gasteiger partial charge in [-0.2, -0.15) is 0 Å². The van der Waals surface area contributed by atoms with Gasteiger partial charge in [-0.15, -0.1) is 0 Å². The van der Waals surface area contributed by atoms with Gasteiger partial charge in [-0.3, -0.25) is 4.79 Å². The van der Waals surface area contributed by atoms with Crippen LogP contribution >= 0.6 is 0 Å². The Morgan fingerprint density at radius 2 is 1.30 bits per heavy atom. The first kappa shape index (κ1) is 16.7. The molecule has 20 heavy (non-hydrogen) atoms. The SMILES string of the molecule is CCCCCc1cc(CCCCC)cc(CC(=O)O)c1. The number of carbonyl (C=O) groups is 1. The number of hydrogen-bond acceptors (Lipinski definition) is 1. The summed E-state index contributed by atoms with van der Waals surface area (Å²) in [6.45, 7) is 4.41. The zero-order valence-corrected chi connectivity index (χ0v) is 13.0. The lowest BCUT2D eigenvalue weighted by molar-refractivity contribution is -0.136. The number of unbranched alkanes of at least 4 members (excludes halogenated alkanes) is 4. The van der Waals surface area contributed by atoms with Crippen LogP contribution < -0.4 is 0 Å². The number of carboxylic acid groups (broad SMARTS) is 1. The number of aliphatic carboxylic acids is 1. The van der Waals surface area contributed by atoms with Crippen LogP contribution in [0.3, 0.4) is 0 Å². The second-order valence-electron chi connectivity index (χ2n) is 5.64. The van der Waals surface area contributed by atoms with E-state index in [9.17, 15) is 4.79 Å². The predicted molar refractivity (Wildman–Crippen MR) is 84.2 cm³/mol. The molecule has 2 nitrogen and oxygen atoms in total. The number of aryl methyl sites for hydroxylation is 2. The summed E-state index contributed by atoms with van der Waals surface area (Å²) >= 11 is 0. The molecule has 0 fully saturated rings. The Morgan fingerprint density at radius 3 is 1.70 bits per heavy atom. The van der Waals surface area contributed by atoms with Crippen LogP contribution in [0, 0.1) is 0 Å². The van der Waals surface area contributed by atoms with Crippen LogP contribution in [0.2, 0.25) is 0 Å². The molecule has 112 valence electrons. The summed E-state index contributed by atoms with van der Waals surface area (Å²) < 4.78 is 0. The Kier molecular flexibility index (Phi) is 8.01. The second-order valence-corrected chi connectivity index (χ2v) is 5.64. The van der Waals surface area contributed by atoms with Crippen molar-refractivity contribution in [1.29, 1.82) is 0 Å². The van der Waals surface area contributed by atoms with Crippen molar-refractivity contribution in [3.05, 3.63) is 34.9 Å². The van der Waals surface area contributed by atoms with Crippen molar-refractivity contribution in [2.75, 3.05) is 0 Å². The Balaban J connectivity index is 2.74. The lowest BCUT2D eigenvalue weighted by atomic mass is 9.97. The normalized spacial score (nSPS) is 10.7. The molecule has 0 aliphatic rings. The van der Waals surface area contributed by atoms with Crippen LogP contribution in [0.25, 0.3) is 0 Å². The van der Waals surface area contributed by atoms with Crippen molar-refractivity contribution in [2.24, 2.45) is 0 Å². The summed E-state index contributed by atoms with van der Waals surface area (Å²) in [7, 11) is 0. The minimum atomic E-state index is -0.741. The molecule has 1 N–H and O–H groups in total. The van der Waals surface area contributed by atoms with E-state index in [1.165, 1.54) is 49.7 Å². The molecule has 0 unspecified atom stereocenters. The number of hydrogen-bond donors (Lipinski definition) is 1. The molecule has 0 amide bonds. The quantitative estimate of drug-likeness (QED) is 0.624. The fourth-order valence-electron chi connectivity index (χ4n) is 2.56. The lowest BCUT2D eigenvalue weighted by Crippen LogP contribution is -2.02. The molecule has 0 bridgehead atoms. The molecule has 0 atom stereocenters. The van der Waals surface area contributed by atoms with E-state index in [0.29, 0.717) is 0 Å². The second kappa shape index (κ2) is 9.57. The highest BCUT2D eigenvalue weighted by Gasteiger charge is 2.05. The highest BCUT2D eigenvalue weighted by molar-refractivity contribution is 5.70. The summed E-state index contributed by atoms with van der Waals surface area (Å²) in [5, 5.41) is 8.98. The molecular formula is C18H28O2. The topological polar surface area (TPSA) is 37.3 Å². The van der Waals surface area contributed by atoms with E-state index in [1.54, 1.807) is 0 Å². The number of carboxylic acids is 1. The fourth-order valence-corrected chi connectivity index (χ4v) is 2.56. The Bertz CT molecular complexity index is 382. The van der Waals surface area contributed by atoms with Crippen LogP contribution in [0.1, 0.15) is 69.1 Å². The lowest BCUT2D eigenvalue weighted by Gasteiger charge is -2.09. The molecular weight excluding hydrogens is 248 g/mol. The maximum atomic E-state index is 10.9. The van der Waals surface area contributed by atoms with Gasteiger partial charge in [0.1, 0.15) is 0 Å². The van der Waals surface area contributed by atoms with E-state index >= 15 is 0 Å². The summed E-state index contributed by atoms with van der Waals surface area (Å²) in [6.07, 6.45) is 9.61. The highest BCUT2D eigenvalue weighted by Crippen LogP contribution is 2.16. The first-order valence-electron chi connectivity index (χ1n) is 7.99. The average Bonchev–Trinajstić information content (AvgIpc) is 2.38. The van der Waals surface area contributed by atoms with Crippen molar-refractivity contribution in [1.82, 2.24) is 0 Å². The van der Waals surface area contributed by atoms with Crippen LogP contribution in [0.5, 0.6) is 0 Å². The zero-order valence-electron chi connectivity index (χ0n) is 13.0. The molecule has 0 heterocycles. The highest BCUT2D eigenvalue weighted by atomic mass is 16.4. The molecule has 0 radical (unpaired) electrons. The van der Waals surface area contributed by atoms with Gasteiger partial charge in [0.05, 0.1) is 6.42 Å². The Morgan fingerprint density at radius 1 is 0.850 bits per heavy atom. The fraction of sp³-hybridized carbons (Fsp3) is 0.611. The van der Waals surface area contributed by atoms with E-state index in [4.69, 9.17) is 5.11 Å². The summed E-state index contributed by atoms with van der Waals surface area (Å²) in [5.41, 5.74) is 3.57. The Hall–Kier alpha value is -1.31. The van der Waals surface area contributed by atoms with Gasteiger partial charge in [0, 0.05) is 0 Å². The van der Waals surface area contributed by atoms with Gasteiger partial charge in [-0.25, -0.2) is 0 Å². The minimum Gasteiger partial charge on any atom is -0.481 e. The van der Waals surface area contributed by atoms with Crippen molar-refractivity contribution < 1.29 is 9.90 Å². The van der Waals surface area contributed by atoms with Crippen LogP contribution in [0.15, 0.2) is 18.2 Å². The first-order valence-corrected chi connectivity index (χ1v) is 7.99. The summed E-state index contributed by atoms with van der Waals surface area (Å²) in [4.78, 5) is 10.9. The molecule has 1 rings (SSSR count). The van der Waals surface area contributed by atoms with Gasteiger partial charge in [0.15, 0.2) is 0 Å². The van der Waals surface area contributed by atoms with Crippen LogP contribution in [-0.4, -0.2) is 11.1 Å². The standard InChI is InChI=1S/C18H28O2/c1-3-5-7-9-15-11-16(10-8-6-4-2)13-17(12-15)14-18(19)20/h11-13H,3-10,14H2,1-2H3,(H,19,20). The molecule has 0 aliphatic carbocycles. The molecule has 2 heteroatoms. The molecule has 0 saturated heterocycles. The molecule has 1 aromatic rings. The molecule has 0 aromatic heterocycles. The zero-order chi connectivity index (χ0) is 14.8. The minimum absolute atomic E-state index is 0.141. The van der Waals surface area contributed by atoms with E-state index < -0.39 is 5.97 Å². The third-order valence-corrected chi connectivity index (χ3v) is 3.61. The maximum absolute atomic E-state index is 10.9.